The topological polar surface area (TPSA) is 66.4 Å². The van der Waals surface area contributed by atoms with Gasteiger partial charge in [0, 0.05) is 11.0 Å². The molecule has 0 saturated heterocycles. The van der Waals surface area contributed by atoms with Gasteiger partial charge in [0.25, 0.3) is 0 Å². The Morgan fingerprint density at radius 1 is 1.20 bits per heavy atom. The van der Waals surface area contributed by atoms with Gasteiger partial charge in [-0.2, -0.15) is 0 Å². The lowest BCUT2D eigenvalue weighted by Gasteiger charge is -2.05. The lowest BCUT2D eigenvalue weighted by molar-refractivity contribution is -0.111. The zero-order chi connectivity index (χ0) is 18.0. The molecular formula is C20H21NO3S. The molecule has 1 aromatic heterocycles. The van der Waals surface area contributed by atoms with Crippen LogP contribution in [0.3, 0.4) is 0 Å². The van der Waals surface area contributed by atoms with Crippen LogP contribution in [0, 0.1) is 0 Å². The van der Waals surface area contributed by atoms with Crippen LogP contribution in [0.1, 0.15) is 58.1 Å². The highest BCUT2D eigenvalue weighted by Crippen LogP contribution is 2.39. The van der Waals surface area contributed by atoms with Gasteiger partial charge >= 0.3 is 5.97 Å². The minimum absolute atomic E-state index is 0.264. The highest BCUT2D eigenvalue weighted by Gasteiger charge is 2.26. The van der Waals surface area contributed by atoms with Crippen LogP contribution in [0.2, 0.25) is 0 Å². The molecule has 1 aliphatic rings. The molecule has 2 N–H and O–H groups in total. The quantitative estimate of drug-likeness (QED) is 0.763. The normalized spacial score (nSPS) is 13.4. The molecule has 1 heterocycles. The monoisotopic (exact) mass is 355 g/mol. The number of thiophene rings is 1. The fraction of sp³-hybridized carbons (Fsp3) is 0.300. The molecule has 0 atom stereocenters. The fourth-order valence-electron chi connectivity index (χ4n) is 3.04. The molecule has 0 spiro atoms. The van der Waals surface area contributed by atoms with Crippen LogP contribution in [0.5, 0.6) is 0 Å². The average molecular weight is 355 g/mol. The van der Waals surface area contributed by atoms with Gasteiger partial charge in [-0.05, 0) is 47.9 Å². The van der Waals surface area contributed by atoms with Crippen molar-refractivity contribution in [2.75, 3.05) is 5.32 Å². The summed E-state index contributed by atoms with van der Waals surface area (Å²) in [7, 11) is 0. The first kappa shape index (κ1) is 17.4. The number of carbonyl (C=O) groups excluding carboxylic acids is 1. The first-order valence-corrected chi connectivity index (χ1v) is 9.24. The molecule has 130 valence electrons. The number of aromatic carboxylic acids is 1. The highest BCUT2D eigenvalue weighted by atomic mass is 32.1. The van der Waals surface area contributed by atoms with Crippen molar-refractivity contribution >= 4 is 34.3 Å². The predicted octanol–water partition coefficient (Wildman–Crippen LogP) is 4.71. The molecule has 0 bridgehead atoms. The Kier molecular flexibility index (Phi) is 5.04. The lowest BCUT2D eigenvalue weighted by atomic mass is 10.0. The lowest BCUT2D eigenvalue weighted by Crippen LogP contribution is -2.10. The first-order chi connectivity index (χ1) is 12.0. The minimum Gasteiger partial charge on any atom is -0.478 e. The Morgan fingerprint density at radius 2 is 1.92 bits per heavy atom. The Hall–Kier alpha value is -2.40. The van der Waals surface area contributed by atoms with Gasteiger partial charge in [0.2, 0.25) is 5.91 Å². The Labute approximate surface area is 151 Å². The smallest absolute Gasteiger partial charge is 0.339 e. The maximum Gasteiger partial charge on any atom is 0.339 e. The van der Waals surface area contributed by atoms with Crippen molar-refractivity contribution in [1.82, 2.24) is 0 Å². The van der Waals surface area contributed by atoms with Crippen molar-refractivity contribution < 1.29 is 14.7 Å². The van der Waals surface area contributed by atoms with E-state index in [4.69, 9.17) is 0 Å². The minimum atomic E-state index is -0.969. The number of carbonyl (C=O) groups is 2. The summed E-state index contributed by atoms with van der Waals surface area (Å²) in [6, 6.07) is 8.05. The molecule has 0 aliphatic heterocycles. The number of fused-ring (bicyclic) bond motifs is 1. The molecule has 5 heteroatoms. The van der Waals surface area contributed by atoms with Crippen molar-refractivity contribution in [1.29, 1.82) is 0 Å². The van der Waals surface area contributed by atoms with E-state index < -0.39 is 5.97 Å². The summed E-state index contributed by atoms with van der Waals surface area (Å²) in [5.41, 5.74) is 3.34. The van der Waals surface area contributed by atoms with Gasteiger partial charge < -0.3 is 10.4 Å². The summed E-state index contributed by atoms with van der Waals surface area (Å²) in [6.45, 7) is 4.27. The third kappa shape index (κ3) is 3.82. The van der Waals surface area contributed by atoms with Gasteiger partial charge in [-0.1, -0.05) is 38.1 Å². The molecule has 1 aliphatic carbocycles. The van der Waals surface area contributed by atoms with Crippen molar-refractivity contribution in [3.8, 4) is 0 Å². The van der Waals surface area contributed by atoms with E-state index in [0.717, 1.165) is 35.3 Å². The molecule has 1 aromatic carbocycles. The van der Waals surface area contributed by atoms with Gasteiger partial charge in [0.1, 0.15) is 5.00 Å². The number of benzene rings is 1. The van der Waals surface area contributed by atoms with Gasteiger partial charge in [-0.3, -0.25) is 4.79 Å². The van der Waals surface area contributed by atoms with Gasteiger partial charge in [-0.15, -0.1) is 11.3 Å². The van der Waals surface area contributed by atoms with Crippen molar-refractivity contribution in [3.63, 3.8) is 0 Å². The van der Waals surface area contributed by atoms with Crippen LogP contribution in [0.25, 0.3) is 6.08 Å². The molecular weight excluding hydrogens is 334 g/mol. The number of carboxylic acid groups (broad SMARTS) is 1. The number of nitrogens with one attached hydrogen (secondary N) is 1. The maximum atomic E-state index is 12.2. The second-order valence-corrected chi connectivity index (χ2v) is 7.62. The molecule has 0 unspecified atom stereocenters. The van der Waals surface area contributed by atoms with E-state index in [1.54, 1.807) is 6.08 Å². The fourth-order valence-corrected chi connectivity index (χ4v) is 4.32. The second-order valence-electron chi connectivity index (χ2n) is 6.51. The number of amides is 1. The molecule has 25 heavy (non-hydrogen) atoms. The van der Waals surface area contributed by atoms with Crippen LogP contribution >= 0.6 is 11.3 Å². The first-order valence-electron chi connectivity index (χ1n) is 8.42. The number of hydrogen-bond donors (Lipinski definition) is 2. The summed E-state index contributed by atoms with van der Waals surface area (Å²) >= 11 is 1.39. The van der Waals surface area contributed by atoms with Crippen molar-refractivity contribution in [3.05, 3.63) is 57.5 Å². The summed E-state index contributed by atoms with van der Waals surface area (Å²) in [6.07, 6.45) is 5.85. The van der Waals surface area contributed by atoms with E-state index in [-0.39, 0.29) is 11.5 Å². The van der Waals surface area contributed by atoms with Crippen LogP contribution < -0.4 is 5.32 Å². The van der Waals surface area contributed by atoms with Crippen molar-refractivity contribution in [2.45, 2.75) is 39.0 Å². The largest absolute Gasteiger partial charge is 0.478 e. The number of hydrogen-bond acceptors (Lipinski definition) is 3. The number of carboxylic acids is 1. The van der Waals surface area contributed by atoms with Gasteiger partial charge in [0.05, 0.1) is 5.56 Å². The number of rotatable bonds is 5. The van der Waals surface area contributed by atoms with E-state index in [2.05, 4.69) is 31.3 Å². The summed E-state index contributed by atoms with van der Waals surface area (Å²) in [5, 5.41) is 12.6. The van der Waals surface area contributed by atoms with Gasteiger partial charge in [0.15, 0.2) is 0 Å². The van der Waals surface area contributed by atoms with E-state index in [1.165, 1.54) is 23.0 Å². The van der Waals surface area contributed by atoms with E-state index >= 15 is 0 Å². The Balaban J connectivity index is 1.72. The standard InChI is InChI=1S/C20H21NO3S/c1-12(2)14-9-6-13(7-10-14)8-11-17(22)21-19-18(20(23)24)15-4-3-5-16(15)25-19/h6-12H,3-5H2,1-2H3,(H,21,22)(H,23,24)/b11-8+. The molecule has 3 rings (SSSR count). The van der Waals surface area contributed by atoms with E-state index in [9.17, 15) is 14.7 Å². The number of aryl methyl sites for hydroxylation is 1. The molecule has 0 radical (unpaired) electrons. The van der Waals surface area contributed by atoms with E-state index in [0.29, 0.717) is 10.9 Å². The SMILES string of the molecule is CC(C)c1ccc(/C=C/C(=O)Nc2sc3c(c2C(=O)O)CCC3)cc1. The second kappa shape index (κ2) is 7.23. The Morgan fingerprint density at radius 3 is 2.56 bits per heavy atom. The Bertz CT molecular complexity index is 831. The average Bonchev–Trinajstić information content (AvgIpc) is 3.13. The van der Waals surface area contributed by atoms with Crippen LogP contribution in [-0.2, 0) is 17.6 Å². The molecule has 4 nitrogen and oxygen atoms in total. The van der Waals surface area contributed by atoms with Crippen LogP contribution in [0.15, 0.2) is 30.3 Å². The maximum absolute atomic E-state index is 12.2. The summed E-state index contributed by atoms with van der Waals surface area (Å²) in [4.78, 5) is 24.8. The molecule has 1 amide bonds. The van der Waals surface area contributed by atoms with E-state index in [1.807, 2.05) is 12.1 Å². The molecule has 0 fully saturated rings. The third-order valence-electron chi connectivity index (χ3n) is 4.40. The third-order valence-corrected chi connectivity index (χ3v) is 5.61. The van der Waals surface area contributed by atoms with Gasteiger partial charge in [-0.25, -0.2) is 4.79 Å². The molecule has 2 aromatic rings. The highest BCUT2D eigenvalue weighted by molar-refractivity contribution is 7.17. The number of anilines is 1. The summed E-state index contributed by atoms with van der Waals surface area (Å²) in [5.74, 6) is -0.810. The van der Waals surface area contributed by atoms with Crippen molar-refractivity contribution in [2.24, 2.45) is 0 Å². The predicted molar refractivity (Wildman–Crippen MR) is 101 cm³/mol. The zero-order valence-electron chi connectivity index (χ0n) is 14.3. The molecule has 0 saturated carbocycles. The zero-order valence-corrected chi connectivity index (χ0v) is 15.2. The van der Waals surface area contributed by atoms with Crippen LogP contribution in [0.4, 0.5) is 5.00 Å². The summed E-state index contributed by atoms with van der Waals surface area (Å²) < 4.78 is 0. The van der Waals surface area contributed by atoms with Crippen LogP contribution in [-0.4, -0.2) is 17.0 Å².